The van der Waals surface area contributed by atoms with E-state index in [0.29, 0.717) is 24.5 Å². The maximum atomic E-state index is 12.7. The molecule has 0 radical (unpaired) electrons. The van der Waals surface area contributed by atoms with Crippen LogP contribution in [0, 0.1) is 5.92 Å². The van der Waals surface area contributed by atoms with Crippen LogP contribution in [0.1, 0.15) is 15.9 Å². The molecule has 2 heterocycles. The van der Waals surface area contributed by atoms with Crippen molar-refractivity contribution in [1.29, 1.82) is 0 Å². The lowest BCUT2D eigenvalue weighted by Crippen LogP contribution is -2.35. The number of hydrogen-bond donors (Lipinski definition) is 2. The molecule has 7 heteroatoms. The number of carbonyl (C=O) groups excluding carboxylic acids is 1. The summed E-state index contributed by atoms with van der Waals surface area (Å²) in [5.74, 6) is 2.18. The standard InChI is InChI=1S/C20H20N4O3/c1-26-17-8-4-5-14-9-13(11-27-18(14)17)10-21-20(25)16-7-3-2-6-15(16)19-22-12-23-24-19/h2-8,12-13H,9-11H2,1H3,(H,21,25)(H,22,23,24)/t13-/m0/s1. The van der Waals surface area contributed by atoms with Gasteiger partial charge in [0.05, 0.1) is 19.3 Å². The minimum Gasteiger partial charge on any atom is -0.493 e. The third-order valence-electron chi connectivity index (χ3n) is 4.65. The van der Waals surface area contributed by atoms with Gasteiger partial charge in [0.2, 0.25) is 0 Å². The molecule has 4 rings (SSSR count). The van der Waals surface area contributed by atoms with E-state index < -0.39 is 0 Å². The van der Waals surface area contributed by atoms with Crippen LogP contribution in [-0.2, 0) is 6.42 Å². The van der Waals surface area contributed by atoms with Crippen molar-refractivity contribution in [1.82, 2.24) is 20.5 Å². The van der Waals surface area contributed by atoms with Gasteiger partial charge in [-0.25, -0.2) is 4.98 Å². The number of nitrogens with zero attached hydrogens (tertiary/aromatic N) is 2. The monoisotopic (exact) mass is 364 g/mol. The number of rotatable bonds is 5. The largest absolute Gasteiger partial charge is 0.493 e. The lowest BCUT2D eigenvalue weighted by Gasteiger charge is -2.26. The molecule has 2 N–H and O–H groups in total. The van der Waals surface area contributed by atoms with Crippen molar-refractivity contribution in [2.45, 2.75) is 6.42 Å². The maximum absolute atomic E-state index is 12.7. The zero-order chi connectivity index (χ0) is 18.6. The molecule has 0 saturated carbocycles. The Morgan fingerprint density at radius 3 is 3.00 bits per heavy atom. The van der Waals surface area contributed by atoms with Gasteiger partial charge in [-0.15, -0.1) is 0 Å². The van der Waals surface area contributed by atoms with Gasteiger partial charge in [0.1, 0.15) is 6.33 Å². The Kier molecular flexibility index (Phi) is 4.74. The predicted molar refractivity (Wildman–Crippen MR) is 99.8 cm³/mol. The summed E-state index contributed by atoms with van der Waals surface area (Å²) in [4.78, 5) is 16.9. The lowest BCUT2D eigenvalue weighted by molar-refractivity contribution is 0.0939. The first-order chi connectivity index (χ1) is 13.3. The van der Waals surface area contributed by atoms with E-state index in [1.165, 1.54) is 6.33 Å². The van der Waals surface area contributed by atoms with Crippen LogP contribution in [-0.4, -0.2) is 41.3 Å². The summed E-state index contributed by atoms with van der Waals surface area (Å²) in [5.41, 5.74) is 2.39. The molecule has 1 atom stereocenters. The number of methoxy groups -OCH3 is 1. The van der Waals surface area contributed by atoms with Gasteiger partial charge in [-0.2, -0.15) is 5.10 Å². The van der Waals surface area contributed by atoms with E-state index in [9.17, 15) is 4.79 Å². The number of para-hydroxylation sites is 1. The van der Waals surface area contributed by atoms with Gasteiger partial charge in [0, 0.05) is 18.0 Å². The molecule has 1 aliphatic rings. The second-order valence-electron chi connectivity index (χ2n) is 6.42. The number of carbonyl (C=O) groups is 1. The summed E-state index contributed by atoms with van der Waals surface area (Å²) in [7, 11) is 1.64. The molecule has 0 saturated heterocycles. The second-order valence-corrected chi connectivity index (χ2v) is 6.42. The zero-order valence-corrected chi connectivity index (χ0v) is 14.9. The summed E-state index contributed by atoms with van der Waals surface area (Å²) in [6.45, 7) is 1.07. The molecular formula is C20H20N4O3. The SMILES string of the molecule is COc1cccc2c1OC[C@H](CNC(=O)c1ccccc1-c1ncn[nH]1)C2. The van der Waals surface area contributed by atoms with Crippen molar-refractivity contribution in [3.05, 3.63) is 59.9 Å². The lowest BCUT2D eigenvalue weighted by atomic mass is 9.96. The molecule has 0 bridgehead atoms. The molecule has 2 aromatic carbocycles. The average Bonchev–Trinajstić information content (AvgIpc) is 3.26. The first-order valence-corrected chi connectivity index (χ1v) is 8.78. The summed E-state index contributed by atoms with van der Waals surface area (Å²) in [6, 6.07) is 13.2. The van der Waals surface area contributed by atoms with E-state index in [0.717, 1.165) is 29.0 Å². The third-order valence-corrected chi connectivity index (χ3v) is 4.65. The number of aromatic amines is 1. The van der Waals surface area contributed by atoms with E-state index in [4.69, 9.17) is 9.47 Å². The van der Waals surface area contributed by atoms with Gasteiger partial charge in [-0.3, -0.25) is 9.89 Å². The topological polar surface area (TPSA) is 89.1 Å². The molecule has 1 amide bonds. The predicted octanol–water partition coefficient (Wildman–Crippen LogP) is 2.46. The van der Waals surface area contributed by atoms with Crippen LogP contribution in [0.5, 0.6) is 11.5 Å². The van der Waals surface area contributed by atoms with Gasteiger partial charge in [-0.05, 0) is 24.1 Å². The molecule has 1 aromatic heterocycles. The van der Waals surface area contributed by atoms with Gasteiger partial charge < -0.3 is 14.8 Å². The van der Waals surface area contributed by atoms with Crippen molar-refractivity contribution in [2.24, 2.45) is 5.92 Å². The number of hydrogen-bond acceptors (Lipinski definition) is 5. The molecule has 0 unspecified atom stereocenters. The van der Waals surface area contributed by atoms with Crippen LogP contribution in [0.25, 0.3) is 11.4 Å². The van der Waals surface area contributed by atoms with Crippen LogP contribution in [0.15, 0.2) is 48.8 Å². The summed E-state index contributed by atoms with van der Waals surface area (Å²) in [5, 5.41) is 9.68. The van der Waals surface area contributed by atoms with Crippen LogP contribution in [0.4, 0.5) is 0 Å². The highest BCUT2D eigenvalue weighted by Crippen LogP contribution is 2.35. The van der Waals surface area contributed by atoms with E-state index >= 15 is 0 Å². The molecule has 0 spiro atoms. The van der Waals surface area contributed by atoms with Crippen LogP contribution < -0.4 is 14.8 Å². The summed E-state index contributed by atoms with van der Waals surface area (Å²) >= 11 is 0. The van der Waals surface area contributed by atoms with E-state index in [1.807, 2.05) is 36.4 Å². The fourth-order valence-corrected chi connectivity index (χ4v) is 3.30. The number of aromatic nitrogens is 3. The Morgan fingerprint density at radius 2 is 2.19 bits per heavy atom. The molecule has 7 nitrogen and oxygen atoms in total. The number of amides is 1. The number of nitrogens with one attached hydrogen (secondary N) is 2. The maximum Gasteiger partial charge on any atom is 0.252 e. The molecule has 27 heavy (non-hydrogen) atoms. The minimum atomic E-state index is -0.140. The van der Waals surface area contributed by atoms with Crippen molar-refractivity contribution >= 4 is 5.91 Å². The first kappa shape index (κ1) is 17.1. The quantitative estimate of drug-likeness (QED) is 0.726. The Labute approximate surface area is 156 Å². The highest BCUT2D eigenvalue weighted by Gasteiger charge is 2.23. The Bertz CT molecular complexity index is 940. The fraction of sp³-hybridized carbons (Fsp3) is 0.250. The second kappa shape index (κ2) is 7.49. The first-order valence-electron chi connectivity index (χ1n) is 8.78. The van der Waals surface area contributed by atoms with Gasteiger partial charge in [0.15, 0.2) is 17.3 Å². The molecule has 3 aromatic rings. The van der Waals surface area contributed by atoms with Crippen molar-refractivity contribution in [2.75, 3.05) is 20.3 Å². The van der Waals surface area contributed by atoms with Crippen LogP contribution in [0.3, 0.4) is 0 Å². The van der Waals surface area contributed by atoms with Crippen molar-refractivity contribution in [3.8, 4) is 22.9 Å². The van der Waals surface area contributed by atoms with Gasteiger partial charge in [-0.1, -0.05) is 30.3 Å². The highest BCUT2D eigenvalue weighted by atomic mass is 16.5. The van der Waals surface area contributed by atoms with Crippen LogP contribution >= 0.6 is 0 Å². The molecular weight excluding hydrogens is 344 g/mol. The van der Waals surface area contributed by atoms with Crippen molar-refractivity contribution < 1.29 is 14.3 Å². The number of fused-ring (bicyclic) bond motifs is 1. The molecule has 0 fully saturated rings. The number of benzene rings is 2. The summed E-state index contributed by atoms with van der Waals surface area (Å²) in [6.07, 6.45) is 2.26. The summed E-state index contributed by atoms with van der Waals surface area (Å²) < 4.78 is 11.2. The molecule has 1 aliphatic heterocycles. The third kappa shape index (κ3) is 3.48. The average molecular weight is 364 g/mol. The normalized spacial score (nSPS) is 15.5. The molecule has 138 valence electrons. The van der Waals surface area contributed by atoms with E-state index in [-0.39, 0.29) is 11.8 Å². The smallest absolute Gasteiger partial charge is 0.252 e. The Hall–Kier alpha value is -3.35. The number of H-pyrrole nitrogens is 1. The number of ether oxygens (including phenoxy) is 2. The van der Waals surface area contributed by atoms with E-state index in [2.05, 4.69) is 20.5 Å². The fourth-order valence-electron chi connectivity index (χ4n) is 3.30. The van der Waals surface area contributed by atoms with Crippen molar-refractivity contribution in [3.63, 3.8) is 0 Å². The van der Waals surface area contributed by atoms with E-state index in [1.54, 1.807) is 13.2 Å². The Morgan fingerprint density at radius 1 is 1.30 bits per heavy atom. The highest BCUT2D eigenvalue weighted by molar-refractivity contribution is 6.00. The zero-order valence-electron chi connectivity index (χ0n) is 14.9. The Balaban J connectivity index is 1.44. The van der Waals surface area contributed by atoms with Crippen LogP contribution in [0.2, 0.25) is 0 Å². The molecule has 0 aliphatic carbocycles. The van der Waals surface area contributed by atoms with Gasteiger partial charge >= 0.3 is 0 Å². The minimum absolute atomic E-state index is 0.140. The van der Waals surface area contributed by atoms with Gasteiger partial charge in [0.25, 0.3) is 5.91 Å².